The van der Waals surface area contributed by atoms with Crippen LogP contribution in [-0.2, 0) is 4.79 Å². The Bertz CT molecular complexity index is 1400. The number of amides is 1. The molecule has 3 heterocycles. The van der Waals surface area contributed by atoms with E-state index in [2.05, 4.69) is 25.5 Å². The summed E-state index contributed by atoms with van der Waals surface area (Å²) in [5.74, 6) is 1.21. The summed E-state index contributed by atoms with van der Waals surface area (Å²) < 4.78 is 3.00. The molecule has 1 aliphatic rings. The third-order valence-electron chi connectivity index (χ3n) is 6.28. The molecule has 0 radical (unpaired) electrons. The van der Waals surface area contributed by atoms with Crippen molar-refractivity contribution in [3.05, 3.63) is 57.6 Å². The second-order valence-electron chi connectivity index (χ2n) is 8.84. The highest BCUT2D eigenvalue weighted by molar-refractivity contribution is 6.30. The minimum Gasteiger partial charge on any atom is -0.310 e. The minimum absolute atomic E-state index is 0.0703. The highest BCUT2D eigenvalue weighted by atomic mass is 35.5. The summed E-state index contributed by atoms with van der Waals surface area (Å²) in [7, 11) is 0. The van der Waals surface area contributed by atoms with Crippen LogP contribution in [0.3, 0.4) is 0 Å². The molecule has 1 amide bonds. The molecule has 0 saturated heterocycles. The maximum absolute atomic E-state index is 12.8. The predicted octanol–water partition coefficient (Wildman–Crippen LogP) is 4.56. The molecule has 0 unspecified atom stereocenters. The molecule has 34 heavy (non-hydrogen) atoms. The van der Waals surface area contributed by atoms with Crippen LogP contribution in [0.1, 0.15) is 50.6 Å². The summed E-state index contributed by atoms with van der Waals surface area (Å²) in [5, 5.41) is 12.6. The van der Waals surface area contributed by atoms with Crippen molar-refractivity contribution < 1.29 is 4.79 Å². The van der Waals surface area contributed by atoms with Crippen molar-refractivity contribution in [3.8, 4) is 11.6 Å². The van der Waals surface area contributed by atoms with Crippen LogP contribution in [0.25, 0.3) is 22.7 Å². The number of hydrogen-bond donors (Lipinski definition) is 2. The van der Waals surface area contributed by atoms with Crippen LogP contribution in [0.5, 0.6) is 0 Å². The van der Waals surface area contributed by atoms with Crippen LogP contribution < -0.4 is 10.9 Å². The average Bonchev–Trinajstić information content (AvgIpc) is 3.42. The zero-order valence-electron chi connectivity index (χ0n) is 18.9. The number of carbonyl (C=O) groups excluding carboxylic acids is 1. The van der Waals surface area contributed by atoms with Gasteiger partial charge in [0.1, 0.15) is 11.2 Å². The normalized spacial score (nSPS) is 14.5. The highest BCUT2D eigenvalue weighted by Crippen LogP contribution is 2.27. The SMILES string of the molecule is Cc1cc(NC(=O)CCC2CCCCC2)n(-c2nc3c(cnn3-c3cccc(Cl)c3)c(=O)[nH]2)n1. The van der Waals surface area contributed by atoms with Gasteiger partial charge < -0.3 is 5.32 Å². The molecular weight excluding hydrogens is 454 g/mol. The quantitative estimate of drug-likeness (QED) is 0.421. The first-order chi connectivity index (χ1) is 16.5. The van der Waals surface area contributed by atoms with Gasteiger partial charge in [0, 0.05) is 17.5 Å². The number of hydrogen-bond acceptors (Lipinski definition) is 5. The Morgan fingerprint density at radius 2 is 2.03 bits per heavy atom. The molecule has 10 heteroatoms. The highest BCUT2D eigenvalue weighted by Gasteiger charge is 2.19. The van der Waals surface area contributed by atoms with Crippen LogP contribution in [0.4, 0.5) is 5.82 Å². The third-order valence-corrected chi connectivity index (χ3v) is 6.52. The number of anilines is 1. The smallest absolute Gasteiger partial charge is 0.263 e. The summed E-state index contributed by atoms with van der Waals surface area (Å²) in [6.07, 6.45) is 9.03. The first-order valence-electron chi connectivity index (χ1n) is 11.6. The number of halogens is 1. The molecule has 0 aliphatic heterocycles. The molecule has 1 aromatic carbocycles. The van der Waals surface area contributed by atoms with E-state index in [1.807, 2.05) is 13.0 Å². The van der Waals surface area contributed by atoms with Gasteiger partial charge in [-0.15, -0.1) is 0 Å². The molecule has 1 saturated carbocycles. The maximum atomic E-state index is 12.8. The van der Waals surface area contributed by atoms with Gasteiger partial charge in [0.25, 0.3) is 5.56 Å². The van der Waals surface area contributed by atoms with Crippen LogP contribution in [0, 0.1) is 12.8 Å². The standard InChI is InChI=1S/C24H26ClN7O2/c1-15-12-20(27-21(33)11-10-16-6-3-2-4-7-16)32(30-15)24-28-22-19(23(34)29-24)14-26-31(22)18-9-5-8-17(25)13-18/h5,8-9,12-14,16H,2-4,6-7,10-11H2,1H3,(H,27,33)(H,28,29,34). The van der Waals surface area contributed by atoms with Gasteiger partial charge in [0.05, 0.1) is 17.6 Å². The van der Waals surface area contributed by atoms with E-state index < -0.39 is 0 Å². The van der Waals surface area contributed by atoms with Crippen molar-refractivity contribution >= 4 is 34.4 Å². The number of fused-ring (bicyclic) bond motifs is 1. The van der Waals surface area contributed by atoms with E-state index in [1.165, 1.54) is 43.0 Å². The van der Waals surface area contributed by atoms with Crippen molar-refractivity contribution in [2.45, 2.75) is 51.9 Å². The first-order valence-corrected chi connectivity index (χ1v) is 12.0. The van der Waals surface area contributed by atoms with Crippen molar-refractivity contribution in [3.63, 3.8) is 0 Å². The molecule has 2 N–H and O–H groups in total. The number of carbonyl (C=O) groups is 1. The second kappa shape index (κ2) is 9.42. The Labute approximate surface area is 201 Å². The first kappa shape index (κ1) is 22.3. The molecule has 3 aromatic heterocycles. The van der Waals surface area contributed by atoms with Gasteiger partial charge in [-0.3, -0.25) is 14.6 Å². The molecule has 0 spiro atoms. The van der Waals surface area contributed by atoms with E-state index in [-0.39, 0.29) is 17.4 Å². The van der Waals surface area contributed by atoms with E-state index in [0.717, 1.165) is 6.42 Å². The zero-order valence-corrected chi connectivity index (χ0v) is 19.7. The molecule has 5 rings (SSSR count). The Morgan fingerprint density at radius 1 is 1.21 bits per heavy atom. The van der Waals surface area contributed by atoms with Crippen molar-refractivity contribution in [2.24, 2.45) is 5.92 Å². The summed E-state index contributed by atoms with van der Waals surface area (Å²) in [4.78, 5) is 32.9. The van der Waals surface area contributed by atoms with Crippen molar-refractivity contribution in [1.82, 2.24) is 29.5 Å². The van der Waals surface area contributed by atoms with Gasteiger partial charge in [0.2, 0.25) is 11.9 Å². The molecular formula is C24H26ClN7O2. The predicted molar refractivity (Wildman–Crippen MR) is 131 cm³/mol. The lowest BCUT2D eigenvalue weighted by Crippen LogP contribution is -2.19. The Hall–Kier alpha value is -3.46. The lowest BCUT2D eigenvalue weighted by atomic mass is 9.86. The molecule has 1 fully saturated rings. The number of benzene rings is 1. The molecule has 0 bridgehead atoms. The lowest BCUT2D eigenvalue weighted by molar-refractivity contribution is -0.116. The fraction of sp³-hybridized carbons (Fsp3) is 0.375. The second-order valence-corrected chi connectivity index (χ2v) is 9.27. The number of nitrogens with zero attached hydrogens (tertiary/aromatic N) is 5. The van der Waals surface area contributed by atoms with Gasteiger partial charge in [-0.1, -0.05) is 49.8 Å². The number of nitrogens with one attached hydrogen (secondary N) is 2. The zero-order chi connectivity index (χ0) is 23.7. The summed E-state index contributed by atoms with van der Waals surface area (Å²) in [6, 6.07) is 8.90. The molecule has 0 atom stereocenters. The average molecular weight is 480 g/mol. The molecule has 1 aliphatic carbocycles. The van der Waals surface area contributed by atoms with Crippen molar-refractivity contribution in [2.75, 3.05) is 5.32 Å². The number of aromatic amines is 1. The van der Waals surface area contributed by atoms with E-state index >= 15 is 0 Å². The van der Waals surface area contributed by atoms with Gasteiger partial charge in [0.15, 0.2) is 5.65 Å². The van der Waals surface area contributed by atoms with E-state index in [1.54, 1.807) is 28.9 Å². The van der Waals surface area contributed by atoms with Gasteiger partial charge in [-0.05, 0) is 37.5 Å². The number of aryl methyl sites for hydroxylation is 1. The molecule has 4 aromatic rings. The monoisotopic (exact) mass is 479 g/mol. The lowest BCUT2D eigenvalue weighted by Gasteiger charge is -2.21. The minimum atomic E-state index is -0.351. The number of aromatic nitrogens is 6. The summed E-state index contributed by atoms with van der Waals surface area (Å²) in [5.41, 5.74) is 1.38. The molecule has 176 valence electrons. The Balaban J connectivity index is 1.44. The molecule has 9 nitrogen and oxygen atoms in total. The number of H-pyrrole nitrogens is 1. The Morgan fingerprint density at radius 3 is 2.82 bits per heavy atom. The van der Waals surface area contributed by atoms with E-state index in [4.69, 9.17) is 11.6 Å². The summed E-state index contributed by atoms with van der Waals surface area (Å²) >= 11 is 6.13. The Kier molecular flexibility index (Phi) is 6.19. The topological polar surface area (TPSA) is 110 Å². The number of rotatable bonds is 6. The maximum Gasteiger partial charge on any atom is 0.263 e. The van der Waals surface area contributed by atoms with E-state index in [0.29, 0.717) is 45.6 Å². The van der Waals surface area contributed by atoms with Crippen LogP contribution in [-0.4, -0.2) is 35.4 Å². The van der Waals surface area contributed by atoms with Gasteiger partial charge >= 0.3 is 0 Å². The largest absolute Gasteiger partial charge is 0.310 e. The van der Waals surface area contributed by atoms with Crippen molar-refractivity contribution in [1.29, 1.82) is 0 Å². The fourth-order valence-corrected chi connectivity index (χ4v) is 4.75. The van der Waals surface area contributed by atoms with Crippen LogP contribution in [0.2, 0.25) is 5.02 Å². The summed E-state index contributed by atoms with van der Waals surface area (Å²) in [6.45, 7) is 1.82. The van der Waals surface area contributed by atoms with Gasteiger partial charge in [-0.2, -0.15) is 19.9 Å². The van der Waals surface area contributed by atoms with Crippen LogP contribution >= 0.6 is 11.6 Å². The van der Waals surface area contributed by atoms with E-state index in [9.17, 15) is 9.59 Å². The fourth-order valence-electron chi connectivity index (χ4n) is 4.57. The van der Waals surface area contributed by atoms with Gasteiger partial charge in [-0.25, -0.2) is 4.68 Å². The van der Waals surface area contributed by atoms with Crippen LogP contribution in [0.15, 0.2) is 41.3 Å². The third kappa shape index (κ3) is 4.61.